The fourth-order valence-corrected chi connectivity index (χ4v) is 4.80. The Labute approximate surface area is 160 Å². The summed E-state index contributed by atoms with van der Waals surface area (Å²) in [6.07, 6.45) is 9.17. The summed E-state index contributed by atoms with van der Waals surface area (Å²) in [5, 5.41) is 6.56. The normalized spacial score (nSPS) is 29.6. The average molecular weight is 379 g/mol. The quantitative estimate of drug-likeness (QED) is 0.209. The maximum atomic E-state index is 12.6. The van der Waals surface area contributed by atoms with Crippen molar-refractivity contribution in [2.75, 3.05) is 38.2 Å². The SMILES string of the molecule is CCNC(=NCCCN1C(=O)C2C3C=CC(C3)C2C1=O)NCCCSC. The first kappa shape index (κ1) is 19.3. The van der Waals surface area contributed by atoms with Crippen LogP contribution in [0.4, 0.5) is 0 Å². The summed E-state index contributed by atoms with van der Waals surface area (Å²) < 4.78 is 0. The molecule has 0 radical (unpaired) electrons. The first-order chi connectivity index (χ1) is 12.7. The number of aliphatic imine (C=N–C) groups is 1. The first-order valence-electron chi connectivity index (χ1n) is 9.72. The third-order valence-corrected chi connectivity index (χ3v) is 6.23. The van der Waals surface area contributed by atoms with Crippen molar-refractivity contribution in [1.29, 1.82) is 0 Å². The van der Waals surface area contributed by atoms with E-state index in [-0.39, 0.29) is 35.5 Å². The molecule has 144 valence electrons. The van der Waals surface area contributed by atoms with Crippen molar-refractivity contribution in [2.24, 2.45) is 28.7 Å². The highest BCUT2D eigenvalue weighted by Gasteiger charge is 2.58. The molecule has 2 bridgehead atoms. The summed E-state index contributed by atoms with van der Waals surface area (Å²) in [7, 11) is 0. The number of rotatable bonds is 9. The van der Waals surface area contributed by atoms with E-state index >= 15 is 0 Å². The Bertz CT molecular complexity index is 562. The monoisotopic (exact) mass is 378 g/mol. The minimum Gasteiger partial charge on any atom is -0.357 e. The number of carbonyl (C=O) groups is 2. The van der Waals surface area contributed by atoms with E-state index in [0.29, 0.717) is 19.5 Å². The lowest BCUT2D eigenvalue weighted by atomic mass is 9.85. The van der Waals surface area contributed by atoms with E-state index in [1.807, 2.05) is 18.7 Å². The number of nitrogens with zero attached hydrogens (tertiary/aromatic N) is 2. The molecule has 7 heteroatoms. The average Bonchev–Trinajstić information content (AvgIpc) is 3.31. The first-order valence-corrected chi connectivity index (χ1v) is 11.1. The van der Waals surface area contributed by atoms with Crippen molar-refractivity contribution in [3.05, 3.63) is 12.2 Å². The van der Waals surface area contributed by atoms with Crippen LogP contribution in [0.15, 0.2) is 17.1 Å². The zero-order chi connectivity index (χ0) is 18.5. The van der Waals surface area contributed by atoms with Crippen molar-refractivity contribution < 1.29 is 9.59 Å². The molecule has 26 heavy (non-hydrogen) atoms. The van der Waals surface area contributed by atoms with Crippen LogP contribution in [0.5, 0.6) is 0 Å². The van der Waals surface area contributed by atoms with Crippen LogP contribution in [0.2, 0.25) is 0 Å². The third-order valence-electron chi connectivity index (χ3n) is 5.53. The number of hydrogen-bond donors (Lipinski definition) is 2. The van der Waals surface area contributed by atoms with Gasteiger partial charge in [-0.1, -0.05) is 12.2 Å². The molecule has 4 atom stereocenters. The van der Waals surface area contributed by atoms with Crippen LogP contribution in [0.1, 0.15) is 26.2 Å². The number of thioether (sulfide) groups is 1. The fourth-order valence-electron chi connectivity index (χ4n) is 4.37. The second-order valence-corrected chi connectivity index (χ2v) is 8.20. The molecule has 1 aliphatic heterocycles. The van der Waals surface area contributed by atoms with E-state index in [2.05, 4.69) is 34.0 Å². The zero-order valence-electron chi connectivity index (χ0n) is 15.7. The van der Waals surface area contributed by atoms with Gasteiger partial charge in [-0.3, -0.25) is 19.5 Å². The fraction of sp³-hybridized carbons (Fsp3) is 0.737. The molecule has 0 spiro atoms. The van der Waals surface area contributed by atoms with Crippen LogP contribution in [0.3, 0.4) is 0 Å². The number of allylic oxidation sites excluding steroid dienone is 2. The number of guanidine groups is 1. The molecule has 3 rings (SSSR count). The summed E-state index contributed by atoms with van der Waals surface area (Å²) in [5.41, 5.74) is 0. The molecule has 0 aromatic heterocycles. The molecule has 1 heterocycles. The Morgan fingerprint density at radius 1 is 1.19 bits per heavy atom. The zero-order valence-corrected chi connectivity index (χ0v) is 16.6. The van der Waals surface area contributed by atoms with Gasteiger partial charge in [0.25, 0.3) is 0 Å². The van der Waals surface area contributed by atoms with Crippen LogP contribution in [-0.4, -0.2) is 60.9 Å². The molecule has 0 aromatic carbocycles. The van der Waals surface area contributed by atoms with Gasteiger partial charge in [0, 0.05) is 26.2 Å². The van der Waals surface area contributed by atoms with E-state index < -0.39 is 0 Å². The van der Waals surface area contributed by atoms with Crippen molar-refractivity contribution in [2.45, 2.75) is 26.2 Å². The Morgan fingerprint density at radius 3 is 2.50 bits per heavy atom. The topological polar surface area (TPSA) is 73.8 Å². The Kier molecular flexibility index (Phi) is 6.62. The minimum atomic E-state index is -0.0866. The Morgan fingerprint density at radius 2 is 1.88 bits per heavy atom. The lowest BCUT2D eigenvalue weighted by Crippen LogP contribution is -2.38. The third kappa shape index (κ3) is 3.92. The second kappa shape index (κ2) is 8.93. The summed E-state index contributed by atoms with van der Waals surface area (Å²) in [5.74, 6) is 2.43. The van der Waals surface area contributed by atoms with Gasteiger partial charge < -0.3 is 10.6 Å². The molecule has 1 saturated carbocycles. The van der Waals surface area contributed by atoms with Crippen LogP contribution in [0.25, 0.3) is 0 Å². The van der Waals surface area contributed by atoms with Crippen molar-refractivity contribution in [3.8, 4) is 0 Å². The molecule has 2 aliphatic carbocycles. The van der Waals surface area contributed by atoms with Gasteiger partial charge in [-0.05, 0) is 50.0 Å². The highest BCUT2D eigenvalue weighted by Crippen LogP contribution is 2.52. The number of carbonyl (C=O) groups excluding carboxylic acids is 2. The number of nitrogens with one attached hydrogen (secondary N) is 2. The number of amides is 2. The lowest BCUT2D eigenvalue weighted by Gasteiger charge is -2.17. The summed E-state index contributed by atoms with van der Waals surface area (Å²) in [6, 6.07) is 0. The molecule has 6 nitrogen and oxygen atoms in total. The van der Waals surface area contributed by atoms with Gasteiger partial charge in [-0.2, -0.15) is 11.8 Å². The van der Waals surface area contributed by atoms with Crippen molar-refractivity contribution >= 4 is 29.5 Å². The van der Waals surface area contributed by atoms with Crippen molar-refractivity contribution in [1.82, 2.24) is 15.5 Å². The van der Waals surface area contributed by atoms with Crippen LogP contribution in [0, 0.1) is 23.7 Å². The predicted octanol–water partition coefficient (Wildman–Crippen LogP) is 1.49. The van der Waals surface area contributed by atoms with Crippen LogP contribution < -0.4 is 10.6 Å². The molecule has 1 saturated heterocycles. The van der Waals surface area contributed by atoms with E-state index in [1.54, 1.807) is 0 Å². The van der Waals surface area contributed by atoms with Gasteiger partial charge >= 0.3 is 0 Å². The van der Waals surface area contributed by atoms with Gasteiger partial charge in [0.2, 0.25) is 11.8 Å². The van der Waals surface area contributed by atoms with E-state index in [9.17, 15) is 9.59 Å². The maximum Gasteiger partial charge on any atom is 0.233 e. The summed E-state index contributed by atoms with van der Waals surface area (Å²) >= 11 is 1.84. The molecule has 2 fully saturated rings. The standard InChI is InChI=1S/C19H30N4O2S/c1-3-20-19(22-9-5-11-26-2)21-8-4-10-23-17(24)15-13-6-7-14(12-13)16(15)18(23)25/h6-7,13-16H,3-5,8-12H2,1-2H3,(H2,20,21,22). The highest BCUT2D eigenvalue weighted by atomic mass is 32.2. The second-order valence-electron chi connectivity index (χ2n) is 7.22. The predicted molar refractivity (Wildman–Crippen MR) is 106 cm³/mol. The van der Waals surface area contributed by atoms with Crippen LogP contribution in [-0.2, 0) is 9.59 Å². The van der Waals surface area contributed by atoms with Gasteiger partial charge in [0.05, 0.1) is 11.8 Å². The molecule has 3 aliphatic rings. The number of likely N-dealkylation sites (tertiary alicyclic amines) is 1. The number of imide groups is 1. The highest BCUT2D eigenvalue weighted by molar-refractivity contribution is 7.98. The van der Waals surface area contributed by atoms with Crippen molar-refractivity contribution in [3.63, 3.8) is 0 Å². The van der Waals surface area contributed by atoms with Gasteiger partial charge in [0.15, 0.2) is 5.96 Å². The molecule has 2 N–H and O–H groups in total. The Hall–Kier alpha value is -1.50. The summed E-state index contributed by atoms with van der Waals surface area (Å²) in [4.78, 5) is 31.3. The number of fused-ring (bicyclic) bond motifs is 5. The summed E-state index contributed by atoms with van der Waals surface area (Å²) in [6.45, 7) is 4.85. The maximum absolute atomic E-state index is 12.6. The molecule has 0 aromatic rings. The molecule has 2 amide bonds. The van der Waals surface area contributed by atoms with Crippen LogP contribution >= 0.6 is 11.8 Å². The smallest absolute Gasteiger partial charge is 0.233 e. The lowest BCUT2D eigenvalue weighted by molar-refractivity contribution is -0.140. The Balaban J connectivity index is 1.45. The molecular formula is C19H30N4O2S. The van der Waals surface area contributed by atoms with Gasteiger partial charge in [-0.25, -0.2) is 0 Å². The van der Waals surface area contributed by atoms with Gasteiger partial charge in [-0.15, -0.1) is 0 Å². The largest absolute Gasteiger partial charge is 0.357 e. The molecule has 4 unspecified atom stereocenters. The van der Waals surface area contributed by atoms with E-state index in [1.165, 1.54) is 4.90 Å². The van der Waals surface area contributed by atoms with Gasteiger partial charge in [0.1, 0.15) is 0 Å². The minimum absolute atomic E-state index is 0.0444. The van der Waals surface area contributed by atoms with E-state index in [4.69, 9.17) is 0 Å². The van der Waals surface area contributed by atoms with E-state index in [0.717, 1.165) is 37.6 Å². The number of hydrogen-bond acceptors (Lipinski definition) is 4. The molecular weight excluding hydrogens is 348 g/mol.